The van der Waals surface area contributed by atoms with Gasteiger partial charge in [-0.05, 0) is 29.8 Å². The fourth-order valence-corrected chi connectivity index (χ4v) is 2.93. The zero-order chi connectivity index (χ0) is 17.8. The van der Waals surface area contributed by atoms with Crippen LogP contribution in [0.3, 0.4) is 0 Å². The van der Waals surface area contributed by atoms with E-state index < -0.39 is 0 Å². The van der Waals surface area contributed by atoms with Crippen LogP contribution in [0.1, 0.15) is 34.0 Å². The molecule has 3 aromatic rings. The first-order valence-electron chi connectivity index (χ1n) is 8.39. The maximum absolute atomic E-state index is 12.3. The second-order valence-electron chi connectivity index (χ2n) is 5.95. The Morgan fingerprint density at radius 1 is 1.00 bits per heavy atom. The maximum atomic E-state index is 12.3. The summed E-state index contributed by atoms with van der Waals surface area (Å²) in [5, 5.41) is 4.39. The van der Waals surface area contributed by atoms with Gasteiger partial charge in [-0.15, -0.1) is 0 Å². The van der Waals surface area contributed by atoms with E-state index in [0.29, 0.717) is 12.0 Å². The highest BCUT2D eigenvalue weighted by Gasteiger charge is 2.26. The molecule has 5 heteroatoms. The van der Waals surface area contributed by atoms with Crippen LogP contribution in [0.2, 0.25) is 0 Å². The molecule has 5 nitrogen and oxygen atoms in total. The lowest BCUT2D eigenvalue weighted by atomic mass is 9.96. The number of nitrogens with one attached hydrogen (secondary N) is 1. The summed E-state index contributed by atoms with van der Waals surface area (Å²) in [6, 6.07) is 21.1. The Balaban J connectivity index is 1.62. The summed E-state index contributed by atoms with van der Waals surface area (Å²) in [5.41, 5.74) is 5.94. The van der Waals surface area contributed by atoms with Crippen molar-refractivity contribution in [3.63, 3.8) is 0 Å². The molecule has 0 saturated carbocycles. The highest BCUT2D eigenvalue weighted by molar-refractivity contribution is 6.05. The lowest BCUT2D eigenvalue weighted by Crippen LogP contribution is -2.25. The van der Waals surface area contributed by atoms with Crippen LogP contribution in [-0.2, 0) is 0 Å². The molecule has 1 aliphatic rings. The Hall–Kier alpha value is -3.47. The van der Waals surface area contributed by atoms with Crippen molar-refractivity contribution in [2.24, 2.45) is 5.10 Å². The summed E-state index contributed by atoms with van der Waals surface area (Å²) in [6.45, 7) is 0. The average molecular weight is 343 g/mol. The minimum absolute atomic E-state index is 0.136. The minimum Gasteiger partial charge on any atom is -0.485 e. The Kier molecular flexibility index (Phi) is 4.43. The van der Waals surface area contributed by atoms with Crippen molar-refractivity contribution in [1.82, 2.24) is 10.4 Å². The Morgan fingerprint density at radius 2 is 1.73 bits per heavy atom. The monoisotopic (exact) mass is 343 g/mol. The number of rotatable bonds is 3. The summed E-state index contributed by atoms with van der Waals surface area (Å²) in [7, 11) is 0. The van der Waals surface area contributed by atoms with Gasteiger partial charge in [0.25, 0.3) is 5.91 Å². The van der Waals surface area contributed by atoms with Gasteiger partial charge in [0, 0.05) is 29.9 Å². The van der Waals surface area contributed by atoms with Gasteiger partial charge in [0.2, 0.25) is 0 Å². The summed E-state index contributed by atoms with van der Waals surface area (Å²) < 4.78 is 6.14. The van der Waals surface area contributed by atoms with Gasteiger partial charge < -0.3 is 4.74 Å². The van der Waals surface area contributed by atoms with Crippen LogP contribution in [-0.4, -0.2) is 16.6 Å². The van der Waals surface area contributed by atoms with Crippen molar-refractivity contribution in [2.75, 3.05) is 0 Å². The van der Waals surface area contributed by atoms with Crippen molar-refractivity contribution in [1.29, 1.82) is 0 Å². The lowest BCUT2D eigenvalue weighted by molar-refractivity contribution is 0.0954. The number of fused-ring (bicyclic) bond motifs is 1. The van der Waals surface area contributed by atoms with Gasteiger partial charge in [-0.25, -0.2) is 5.43 Å². The molecule has 2 heterocycles. The molecule has 1 N–H and O–H groups in total. The number of aromatic nitrogens is 1. The van der Waals surface area contributed by atoms with Crippen molar-refractivity contribution < 1.29 is 9.53 Å². The number of pyridine rings is 1. The molecule has 128 valence electrons. The third-order valence-corrected chi connectivity index (χ3v) is 4.25. The van der Waals surface area contributed by atoms with Gasteiger partial charge in [0.1, 0.15) is 11.9 Å². The van der Waals surface area contributed by atoms with Crippen LogP contribution >= 0.6 is 0 Å². The van der Waals surface area contributed by atoms with Crippen LogP contribution in [0.15, 0.2) is 84.2 Å². The predicted octanol–water partition coefficient (Wildman–Crippen LogP) is 3.74. The molecule has 1 amide bonds. The smallest absolute Gasteiger partial charge is 0.271 e. The van der Waals surface area contributed by atoms with E-state index in [-0.39, 0.29) is 12.0 Å². The molecule has 1 aromatic heterocycles. The number of nitrogens with zero attached hydrogens (tertiary/aromatic N) is 2. The highest BCUT2D eigenvalue weighted by Crippen LogP contribution is 2.34. The zero-order valence-electron chi connectivity index (χ0n) is 14.0. The summed E-state index contributed by atoms with van der Waals surface area (Å²) in [5.74, 6) is 0.504. The van der Waals surface area contributed by atoms with Gasteiger partial charge in [-0.2, -0.15) is 5.10 Å². The molecular weight excluding hydrogens is 326 g/mol. The third-order valence-electron chi connectivity index (χ3n) is 4.25. The molecule has 2 aromatic carbocycles. The number of hydrogen-bond donors (Lipinski definition) is 1. The second-order valence-corrected chi connectivity index (χ2v) is 5.95. The first kappa shape index (κ1) is 16.0. The lowest BCUT2D eigenvalue weighted by Gasteiger charge is -2.27. The molecule has 0 spiro atoms. The SMILES string of the molecule is O=C(NN=C1C[C@H](c2ccccc2)Oc2ccccc21)c1ccncc1. The predicted molar refractivity (Wildman–Crippen MR) is 99.1 cm³/mol. The number of hydrogen-bond acceptors (Lipinski definition) is 4. The van der Waals surface area contributed by atoms with E-state index in [1.54, 1.807) is 24.5 Å². The molecule has 1 atom stereocenters. The Labute approximate surface area is 151 Å². The number of para-hydroxylation sites is 1. The fourth-order valence-electron chi connectivity index (χ4n) is 2.93. The minimum atomic E-state index is -0.264. The molecule has 0 aliphatic carbocycles. The average Bonchev–Trinajstić information content (AvgIpc) is 2.73. The van der Waals surface area contributed by atoms with Crippen LogP contribution in [0, 0.1) is 0 Å². The second kappa shape index (κ2) is 7.19. The molecule has 1 aliphatic heterocycles. The van der Waals surface area contributed by atoms with E-state index in [1.165, 1.54) is 0 Å². The number of amides is 1. The maximum Gasteiger partial charge on any atom is 0.271 e. The van der Waals surface area contributed by atoms with E-state index in [1.807, 2.05) is 54.6 Å². The van der Waals surface area contributed by atoms with Gasteiger partial charge >= 0.3 is 0 Å². The molecular formula is C21H17N3O2. The van der Waals surface area contributed by atoms with Crippen LogP contribution in [0.25, 0.3) is 0 Å². The van der Waals surface area contributed by atoms with Gasteiger partial charge in [-0.1, -0.05) is 42.5 Å². The van der Waals surface area contributed by atoms with Crippen LogP contribution in [0.4, 0.5) is 0 Å². The normalized spacial score (nSPS) is 17.2. The largest absolute Gasteiger partial charge is 0.485 e. The van der Waals surface area contributed by atoms with Gasteiger partial charge in [0.15, 0.2) is 0 Å². The van der Waals surface area contributed by atoms with E-state index in [9.17, 15) is 4.79 Å². The number of carbonyl (C=O) groups excluding carboxylic acids is 1. The van der Waals surface area contributed by atoms with E-state index >= 15 is 0 Å². The standard InChI is InChI=1S/C21H17N3O2/c25-21(16-10-12-22-13-11-16)24-23-18-14-20(15-6-2-1-3-7-15)26-19-9-5-4-8-17(18)19/h1-13,20H,14H2,(H,24,25)/t20-/m1/s1. The van der Waals surface area contributed by atoms with E-state index in [4.69, 9.17) is 4.74 Å². The highest BCUT2D eigenvalue weighted by atomic mass is 16.5. The number of benzene rings is 2. The van der Waals surface area contributed by atoms with Crippen molar-refractivity contribution >= 4 is 11.6 Å². The number of ether oxygens (including phenoxy) is 1. The van der Waals surface area contributed by atoms with E-state index in [2.05, 4.69) is 15.5 Å². The first-order valence-corrected chi connectivity index (χ1v) is 8.39. The quantitative estimate of drug-likeness (QED) is 0.737. The molecule has 0 fully saturated rings. The number of hydrazone groups is 1. The third kappa shape index (κ3) is 3.32. The number of carbonyl (C=O) groups is 1. The molecule has 26 heavy (non-hydrogen) atoms. The molecule has 0 bridgehead atoms. The van der Waals surface area contributed by atoms with Crippen molar-refractivity contribution in [3.05, 3.63) is 95.8 Å². The van der Waals surface area contributed by atoms with Crippen molar-refractivity contribution in [3.8, 4) is 5.75 Å². The fraction of sp³-hybridized carbons (Fsp3) is 0.0952. The van der Waals surface area contributed by atoms with Crippen LogP contribution in [0.5, 0.6) is 5.75 Å². The molecule has 0 radical (unpaired) electrons. The molecule has 4 rings (SSSR count). The summed E-state index contributed by atoms with van der Waals surface area (Å²) in [6.07, 6.45) is 3.61. The van der Waals surface area contributed by atoms with Gasteiger partial charge in [0.05, 0.1) is 5.71 Å². The topological polar surface area (TPSA) is 63.6 Å². The Bertz CT molecular complexity index is 940. The molecule has 0 unspecified atom stereocenters. The van der Waals surface area contributed by atoms with E-state index in [0.717, 1.165) is 22.6 Å². The molecule has 0 saturated heterocycles. The van der Waals surface area contributed by atoms with Gasteiger partial charge in [-0.3, -0.25) is 9.78 Å². The summed E-state index contributed by atoms with van der Waals surface area (Å²) >= 11 is 0. The first-order chi connectivity index (χ1) is 12.8. The zero-order valence-corrected chi connectivity index (χ0v) is 14.0. The van der Waals surface area contributed by atoms with Crippen LogP contribution < -0.4 is 10.2 Å². The Morgan fingerprint density at radius 3 is 2.54 bits per heavy atom. The van der Waals surface area contributed by atoms with Crippen molar-refractivity contribution in [2.45, 2.75) is 12.5 Å². The summed E-state index contributed by atoms with van der Waals surface area (Å²) in [4.78, 5) is 16.2.